The Kier molecular flexibility index (Phi) is 8.44. The third kappa shape index (κ3) is 5.97. The van der Waals surface area contributed by atoms with Crippen molar-refractivity contribution < 1.29 is 13.5 Å². The van der Waals surface area contributed by atoms with Gasteiger partial charge in [0, 0.05) is 11.5 Å². The molecule has 0 bridgehead atoms. The molecule has 4 rings (SSSR count). The van der Waals surface area contributed by atoms with Crippen LogP contribution in [0.4, 0.5) is 8.78 Å². The molecule has 33 heavy (non-hydrogen) atoms. The quantitative estimate of drug-likeness (QED) is 0.257. The first-order valence-electron chi connectivity index (χ1n) is 13.3. The Labute approximate surface area is 198 Å². The van der Waals surface area contributed by atoms with E-state index in [-0.39, 0.29) is 17.6 Å². The first-order chi connectivity index (χ1) is 16.1. The van der Waals surface area contributed by atoms with Crippen LogP contribution in [-0.4, -0.2) is 6.61 Å². The molecule has 0 aromatic heterocycles. The molecule has 0 radical (unpaired) electrons. The second-order valence-corrected chi connectivity index (χ2v) is 10.5. The maximum absolute atomic E-state index is 15.2. The molecule has 1 nitrogen and oxygen atoms in total. The molecule has 0 N–H and O–H groups in total. The minimum atomic E-state index is -0.346. The average molecular weight is 455 g/mol. The highest BCUT2D eigenvalue weighted by Crippen LogP contribution is 2.49. The topological polar surface area (TPSA) is 9.23 Å². The smallest absolute Gasteiger partial charge is 0.134 e. The van der Waals surface area contributed by atoms with E-state index in [2.05, 4.69) is 13.5 Å². The predicted molar refractivity (Wildman–Crippen MR) is 134 cm³/mol. The van der Waals surface area contributed by atoms with Crippen LogP contribution < -0.4 is 4.74 Å². The van der Waals surface area contributed by atoms with E-state index in [0.29, 0.717) is 34.6 Å². The molecular formula is C30H40F2O. The molecule has 4 atom stereocenters. The fourth-order valence-corrected chi connectivity index (χ4v) is 6.45. The van der Waals surface area contributed by atoms with Crippen molar-refractivity contribution in [2.24, 2.45) is 17.8 Å². The van der Waals surface area contributed by atoms with E-state index in [4.69, 9.17) is 4.74 Å². The fraction of sp³-hybridized carbons (Fsp3) is 0.600. The number of fused-ring (bicyclic) bond motifs is 2. The Morgan fingerprint density at radius 2 is 1.70 bits per heavy atom. The van der Waals surface area contributed by atoms with Crippen LogP contribution in [0.15, 0.2) is 36.9 Å². The molecule has 0 amide bonds. The van der Waals surface area contributed by atoms with Crippen molar-refractivity contribution in [1.82, 2.24) is 0 Å². The standard InChI is InChI=1S/C30H40F2O/c1-3-5-6-7-8-9-21-10-11-23-16-24(13-12-22(23)15-21)27-20-28-25(18-29(27)31)17-26(19-30(28)32)33-14-4-2/h4,17-24H,2-3,5-16H2,1H3. The third-order valence-corrected chi connectivity index (χ3v) is 8.24. The number of rotatable bonds is 10. The van der Waals surface area contributed by atoms with Crippen LogP contribution in [0.5, 0.6) is 5.75 Å². The molecule has 0 spiro atoms. The van der Waals surface area contributed by atoms with Gasteiger partial charge in [0.1, 0.15) is 24.0 Å². The van der Waals surface area contributed by atoms with Gasteiger partial charge in [-0.15, -0.1) is 0 Å². The van der Waals surface area contributed by atoms with Gasteiger partial charge in [-0.05, 0) is 84.9 Å². The van der Waals surface area contributed by atoms with E-state index in [1.54, 1.807) is 18.2 Å². The Morgan fingerprint density at radius 1 is 0.909 bits per heavy atom. The van der Waals surface area contributed by atoms with Crippen molar-refractivity contribution in [1.29, 1.82) is 0 Å². The second kappa shape index (κ2) is 11.5. The minimum Gasteiger partial charge on any atom is -0.489 e. The summed E-state index contributed by atoms with van der Waals surface area (Å²) in [6.07, 6.45) is 17.1. The number of hydrogen-bond acceptors (Lipinski definition) is 1. The summed E-state index contributed by atoms with van der Waals surface area (Å²) in [5.74, 6) is 2.48. The first kappa shape index (κ1) is 24.2. The maximum Gasteiger partial charge on any atom is 0.134 e. The SMILES string of the molecule is C=CCOc1cc(F)c2cc(C3CCC4CC(CCCCCCC)CCC4C3)c(F)cc2c1. The normalized spacial score (nSPS) is 25.1. The molecule has 4 unspecified atom stereocenters. The van der Waals surface area contributed by atoms with E-state index >= 15 is 4.39 Å². The van der Waals surface area contributed by atoms with Crippen LogP contribution in [0.1, 0.15) is 95.5 Å². The highest BCUT2D eigenvalue weighted by molar-refractivity contribution is 5.85. The third-order valence-electron chi connectivity index (χ3n) is 8.24. The number of benzene rings is 2. The summed E-state index contributed by atoms with van der Waals surface area (Å²) in [7, 11) is 0. The summed E-state index contributed by atoms with van der Waals surface area (Å²) in [6.45, 7) is 6.19. The maximum atomic E-state index is 15.2. The van der Waals surface area contributed by atoms with E-state index in [1.807, 2.05) is 0 Å². The van der Waals surface area contributed by atoms with Crippen molar-refractivity contribution in [2.45, 2.75) is 89.9 Å². The van der Waals surface area contributed by atoms with Gasteiger partial charge < -0.3 is 4.74 Å². The minimum absolute atomic E-state index is 0.202. The summed E-state index contributed by atoms with van der Waals surface area (Å²) in [6, 6.07) is 6.38. The highest BCUT2D eigenvalue weighted by Gasteiger charge is 2.36. The zero-order chi connectivity index (χ0) is 23.2. The first-order valence-corrected chi connectivity index (χ1v) is 13.3. The predicted octanol–water partition coefficient (Wildman–Crippen LogP) is 9.34. The van der Waals surface area contributed by atoms with Crippen LogP contribution in [0.25, 0.3) is 10.8 Å². The zero-order valence-corrected chi connectivity index (χ0v) is 20.3. The summed E-state index contributed by atoms with van der Waals surface area (Å²) < 4.78 is 35.4. The van der Waals surface area contributed by atoms with Gasteiger partial charge in [0.15, 0.2) is 0 Å². The fourth-order valence-electron chi connectivity index (χ4n) is 6.45. The van der Waals surface area contributed by atoms with Gasteiger partial charge in [-0.2, -0.15) is 0 Å². The van der Waals surface area contributed by atoms with E-state index < -0.39 is 0 Å². The number of ether oxygens (including phenoxy) is 1. The van der Waals surface area contributed by atoms with Crippen LogP contribution in [0.2, 0.25) is 0 Å². The summed E-state index contributed by atoms with van der Waals surface area (Å²) >= 11 is 0. The van der Waals surface area contributed by atoms with Crippen molar-refractivity contribution in [3.8, 4) is 5.75 Å². The Morgan fingerprint density at radius 3 is 2.52 bits per heavy atom. The largest absolute Gasteiger partial charge is 0.489 e. The molecule has 0 heterocycles. The van der Waals surface area contributed by atoms with Gasteiger partial charge >= 0.3 is 0 Å². The molecule has 2 fully saturated rings. The van der Waals surface area contributed by atoms with Gasteiger partial charge in [-0.1, -0.05) is 64.5 Å². The van der Waals surface area contributed by atoms with Gasteiger partial charge in [0.2, 0.25) is 0 Å². The molecule has 2 saturated carbocycles. The lowest BCUT2D eigenvalue weighted by atomic mass is 9.63. The molecule has 3 heteroatoms. The summed E-state index contributed by atoms with van der Waals surface area (Å²) in [5, 5.41) is 1.05. The highest BCUT2D eigenvalue weighted by atomic mass is 19.1. The van der Waals surface area contributed by atoms with Crippen molar-refractivity contribution in [2.75, 3.05) is 6.61 Å². The molecule has 2 aliphatic rings. The lowest BCUT2D eigenvalue weighted by molar-refractivity contribution is 0.112. The van der Waals surface area contributed by atoms with Crippen LogP contribution in [0.3, 0.4) is 0 Å². The number of unbranched alkanes of at least 4 members (excludes halogenated alkanes) is 4. The lowest BCUT2D eigenvalue weighted by Crippen LogP contribution is -2.30. The number of halogens is 2. The van der Waals surface area contributed by atoms with Gasteiger partial charge in [0.25, 0.3) is 0 Å². The van der Waals surface area contributed by atoms with E-state index in [9.17, 15) is 4.39 Å². The summed E-state index contributed by atoms with van der Waals surface area (Å²) in [4.78, 5) is 0. The monoisotopic (exact) mass is 454 g/mol. The molecule has 2 aliphatic carbocycles. The van der Waals surface area contributed by atoms with Crippen LogP contribution >= 0.6 is 0 Å². The van der Waals surface area contributed by atoms with Crippen molar-refractivity contribution in [3.05, 3.63) is 54.1 Å². The van der Waals surface area contributed by atoms with E-state index in [1.165, 1.54) is 76.3 Å². The second-order valence-electron chi connectivity index (χ2n) is 10.5. The van der Waals surface area contributed by atoms with E-state index in [0.717, 1.165) is 24.7 Å². The zero-order valence-electron chi connectivity index (χ0n) is 20.3. The Hall–Kier alpha value is -1.90. The van der Waals surface area contributed by atoms with Gasteiger partial charge in [0.05, 0.1) is 0 Å². The summed E-state index contributed by atoms with van der Waals surface area (Å²) in [5.41, 5.74) is 0.706. The van der Waals surface area contributed by atoms with Crippen LogP contribution in [-0.2, 0) is 0 Å². The van der Waals surface area contributed by atoms with Crippen molar-refractivity contribution >= 4 is 10.8 Å². The molecule has 0 saturated heterocycles. The van der Waals surface area contributed by atoms with Gasteiger partial charge in [-0.25, -0.2) is 8.78 Å². The Balaban J connectivity index is 1.39. The van der Waals surface area contributed by atoms with Crippen LogP contribution in [0, 0.1) is 29.4 Å². The Bertz CT molecular complexity index is 937. The van der Waals surface area contributed by atoms with Gasteiger partial charge in [-0.3, -0.25) is 0 Å². The number of hydrogen-bond donors (Lipinski definition) is 0. The molecule has 0 aliphatic heterocycles. The van der Waals surface area contributed by atoms with Crippen molar-refractivity contribution in [3.63, 3.8) is 0 Å². The lowest BCUT2D eigenvalue weighted by Gasteiger charge is -2.42. The molecule has 2 aromatic rings. The molecular weight excluding hydrogens is 414 g/mol. The average Bonchev–Trinajstić information content (AvgIpc) is 2.82. The molecule has 180 valence electrons. The molecule has 2 aromatic carbocycles.